The maximum absolute atomic E-state index is 5.85. The van der Waals surface area contributed by atoms with Gasteiger partial charge in [0.25, 0.3) is 0 Å². The van der Waals surface area contributed by atoms with Crippen LogP contribution in [0.4, 0.5) is 5.69 Å². The van der Waals surface area contributed by atoms with E-state index in [2.05, 4.69) is 29.4 Å². The van der Waals surface area contributed by atoms with Crippen LogP contribution in [0.2, 0.25) is 0 Å². The predicted molar refractivity (Wildman–Crippen MR) is 77.4 cm³/mol. The molecule has 1 atom stereocenters. The predicted octanol–water partition coefficient (Wildman–Crippen LogP) is 2.51. The highest BCUT2D eigenvalue weighted by atomic mass is 16.5. The van der Waals surface area contributed by atoms with Crippen LogP contribution in [-0.4, -0.2) is 18.6 Å². The van der Waals surface area contributed by atoms with Crippen molar-refractivity contribution in [3.8, 4) is 5.88 Å². The van der Waals surface area contributed by atoms with Crippen molar-refractivity contribution in [2.24, 2.45) is 5.73 Å². The van der Waals surface area contributed by atoms with Gasteiger partial charge >= 0.3 is 0 Å². The summed E-state index contributed by atoms with van der Waals surface area (Å²) < 4.78 is 5.06. The Kier molecular flexibility index (Phi) is 4.36. The Morgan fingerprint density at radius 1 is 1.26 bits per heavy atom. The molecule has 1 heterocycles. The quantitative estimate of drug-likeness (QED) is 0.864. The fraction of sp³-hybridized carbons (Fsp3) is 0.267. The summed E-state index contributed by atoms with van der Waals surface area (Å²) in [5, 5.41) is 3.44. The van der Waals surface area contributed by atoms with Gasteiger partial charge in [0.05, 0.1) is 13.2 Å². The molecule has 0 bridgehead atoms. The highest BCUT2D eigenvalue weighted by molar-refractivity contribution is 5.52. The van der Waals surface area contributed by atoms with Gasteiger partial charge in [-0.25, -0.2) is 4.98 Å². The van der Waals surface area contributed by atoms with Gasteiger partial charge in [-0.05, 0) is 24.1 Å². The van der Waals surface area contributed by atoms with Gasteiger partial charge in [0.15, 0.2) is 0 Å². The second-order valence-electron chi connectivity index (χ2n) is 4.38. The normalized spacial score (nSPS) is 11.9. The van der Waals surface area contributed by atoms with Crippen molar-refractivity contribution in [2.75, 3.05) is 19.0 Å². The van der Waals surface area contributed by atoms with Crippen molar-refractivity contribution in [2.45, 2.75) is 13.0 Å². The van der Waals surface area contributed by atoms with E-state index < -0.39 is 0 Å². The van der Waals surface area contributed by atoms with Crippen LogP contribution in [0.5, 0.6) is 5.88 Å². The third-order valence-electron chi connectivity index (χ3n) is 3.08. The number of anilines is 1. The zero-order chi connectivity index (χ0) is 13.7. The molecule has 2 aromatic rings. The van der Waals surface area contributed by atoms with E-state index in [1.807, 2.05) is 24.3 Å². The van der Waals surface area contributed by atoms with E-state index in [1.165, 1.54) is 5.56 Å². The number of nitrogens with one attached hydrogen (secondary N) is 1. The third-order valence-corrected chi connectivity index (χ3v) is 3.08. The first-order chi connectivity index (χ1) is 9.24. The van der Waals surface area contributed by atoms with Gasteiger partial charge in [-0.2, -0.15) is 0 Å². The van der Waals surface area contributed by atoms with Crippen molar-refractivity contribution in [1.29, 1.82) is 0 Å². The molecule has 0 amide bonds. The molecule has 19 heavy (non-hydrogen) atoms. The average Bonchev–Trinajstić information content (AvgIpc) is 2.47. The number of nitrogens with two attached hydrogens (primary N) is 1. The van der Waals surface area contributed by atoms with E-state index in [9.17, 15) is 0 Å². The van der Waals surface area contributed by atoms with Crippen LogP contribution < -0.4 is 15.8 Å². The largest absolute Gasteiger partial charge is 0.481 e. The second kappa shape index (κ2) is 6.20. The smallest absolute Gasteiger partial charge is 0.212 e. The lowest BCUT2D eigenvalue weighted by Gasteiger charge is -2.19. The zero-order valence-corrected chi connectivity index (χ0v) is 11.3. The Hall–Kier alpha value is -2.07. The molecule has 0 aliphatic carbocycles. The number of nitrogens with zero attached hydrogens (tertiary/aromatic N) is 1. The van der Waals surface area contributed by atoms with Crippen LogP contribution in [0.1, 0.15) is 17.2 Å². The second-order valence-corrected chi connectivity index (χ2v) is 4.38. The lowest BCUT2D eigenvalue weighted by molar-refractivity contribution is 0.397. The topological polar surface area (TPSA) is 60.2 Å². The van der Waals surface area contributed by atoms with Crippen molar-refractivity contribution >= 4 is 5.69 Å². The molecule has 1 aromatic heterocycles. The number of benzene rings is 1. The molecule has 0 saturated carbocycles. The molecule has 1 unspecified atom stereocenters. The molecule has 4 heteroatoms. The monoisotopic (exact) mass is 257 g/mol. The molecule has 3 N–H and O–H groups in total. The van der Waals surface area contributed by atoms with Crippen LogP contribution >= 0.6 is 0 Å². The zero-order valence-electron chi connectivity index (χ0n) is 11.3. The van der Waals surface area contributed by atoms with Crippen LogP contribution in [-0.2, 0) is 0 Å². The summed E-state index contributed by atoms with van der Waals surface area (Å²) in [7, 11) is 1.61. The standard InChI is InChI=1S/C15H19N3O/c1-11-5-3-4-6-13(11)18-14(9-16)12-7-8-15(19-2)17-10-12/h3-8,10,14,18H,9,16H2,1-2H3. The first-order valence-corrected chi connectivity index (χ1v) is 6.26. The molecule has 0 fully saturated rings. The summed E-state index contributed by atoms with van der Waals surface area (Å²) in [4.78, 5) is 4.21. The van der Waals surface area contributed by atoms with Crippen molar-refractivity contribution in [1.82, 2.24) is 4.98 Å². The number of aryl methyl sites for hydroxylation is 1. The first-order valence-electron chi connectivity index (χ1n) is 6.26. The molecule has 0 radical (unpaired) electrons. The summed E-state index contributed by atoms with van der Waals surface area (Å²) in [6.45, 7) is 2.57. The number of pyridine rings is 1. The van der Waals surface area contributed by atoms with Gasteiger partial charge in [0.1, 0.15) is 0 Å². The molecule has 2 rings (SSSR count). The summed E-state index contributed by atoms with van der Waals surface area (Å²) >= 11 is 0. The number of aromatic nitrogens is 1. The van der Waals surface area contributed by atoms with Crippen molar-refractivity contribution in [3.05, 3.63) is 53.7 Å². The molecule has 4 nitrogen and oxygen atoms in total. The number of methoxy groups -OCH3 is 1. The fourth-order valence-electron chi connectivity index (χ4n) is 1.92. The van der Waals surface area contributed by atoms with E-state index in [0.29, 0.717) is 12.4 Å². The molecule has 0 aliphatic rings. The molecule has 0 spiro atoms. The number of rotatable bonds is 5. The number of ether oxygens (including phenoxy) is 1. The maximum atomic E-state index is 5.85. The summed E-state index contributed by atoms with van der Waals surface area (Å²) in [6, 6.07) is 12.0. The van der Waals surface area contributed by atoms with Gasteiger partial charge in [-0.15, -0.1) is 0 Å². The Labute approximate surface area is 113 Å². The van der Waals surface area contributed by atoms with Gasteiger partial charge in [0, 0.05) is 24.5 Å². The molecule has 0 aliphatic heterocycles. The first kappa shape index (κ1) is 13.4. The SMILES string of the molecule is COc1ccc(C(CN)Nc2ccccc2C)cn1. The summed E-state index contributed by atoms with van der Waals surface area (Å²) in [6.07, 6.45) is 1.79. The Morgan fingerprint density at radius 3 is 2.63 bits per heavy atom. The highest BCUT2D eigenvalue weighted by Gasteiger charge is 2.11. The fourth-order valence-corrected chi connectivity index (χ4v) is 1.92. The molecule has 0 saturated heterocycles. The number of para-hydroxylation sites is 1. The van der Waals surface area contributed by atoms with Gasteiger partial charge in [-0.3, -0.25) is 0 Å². The van der Waals surface area contributed by atoms with E-state index in [-0.39, 0.29) is 6.04 Å². The van der Waals surface area contributed by atoms with Gasteiger partial charge < -0.3 is 15.8 Å². The lowest BCUT2D eigenvalue weighted by Crippen LogP contribution is -2.21. The van der Waals surface area contributed by atoms with Crippen molar-refractivity contribution in [3.63, 3.8) is 0 Å². The minimum atomic E-state index is 0.0412. The molecular formula is C15H19N3O. The molecular weight excluding hydrogens is 238 g/mol. The van der Waals surface area contributed by atoms with E-state index in [1.54, 1.807) is 13.3 Å². The van der Waals surface area contributed by atoms with E-state index in [0.717, 1.165) is 11.3 Å². The average molecular weight is 257 g/mol. The van der Waals surface area contributed by atoms with Gasteiger partial charge in [0.2, 0.25) is 5.88 Å². The number of hydrogen-bond donors (Lipinski definition) is 2. The third kappa shape index (κ3) is 3.23. The van der Waals surface area contributed by atoms with E-state index >= 15 is 0 Å². The van der Waals surface area contributed by atoms with Crippen LogP contribution in [0.15, 0.2) is 42.6 Å². The van der Waals surface area contributed by atoms with Crippen molar-refractivity contribution < 1.29 is 4.74 Å². The van der Waals surface area contributed by atoms with Crippen LogP contribution in [0, 0.1) is 6.92 Å². The van der Waals surface area contributed by atoms with Gasteiger partial charge in [-0.1, -0.05) is 24.3 Å². The number of hydrogen-bond acceptors (Lipinski definition) is 4. The molecule has 1 aromatic carbocycles. The minimum Gasteiger partial charge on any atom is -0.481 e. The van der Waals surface area contributed by atoms with E-state index in [4.69, 9.17) is 10.5 Å². The Balaban J connectivity index is 2.17. The summed E-state index contributed by atoms with van der Waals surface area (Å²) in [5.74, 6) is 0.607. The lowest BCUT2D eigenvalue weighted by atomic mass is 10.1. The Bertz CT molecular complexity index is 525. The summed E-state index contributed by atoms with van der Waals surface area (Å²) in [5.41, 5.74) is 9.19. The maximum Gasteiger partial charge on any atom is 0.212 e. The Morgan fingerprint density at radius 2 is 2.05 bits per heavy atom. The van der Waals surface area contributed by atoms with Crippen LogP contribution in [0.3, 0.4) is 0 Å². The molecule has 100 valence electrons. The minimum absolute atomic E-state index is 0.0412. The highest BCUT2D eigenvalue weighted by Crippen LogP contribution is 2.22. The van der Waals surface area contributed by atoms with Crippen LogP contribution in [0.25, 0.3) is 0 Å².